The Morgan fingerprint density at radius 2 is 2.14 bits per heavy atom. The molecular formula is C14H16F2N4O. The molecule has 0 aliphatic carbocycles. The summed E-state index contributed by atoms with van der Waals surface area (Å²) < 4.78 is 28.4. The molecule has 0 spiro atoms. The van der Waals surface area contributed by atoms with Gasteiger partial charge < -0.3 is 10.6 Å². The Bertz CT molecular complexity index is 656. The molecule has 21 heavy (non-hydrogen) atoms. The number of rotatable bonds is 4. The Morgan fingerprint density at radius 1 is 1.43 bits per heavy atom. The summed E-state index contributed by atoms with van der Waals surface area (Å²) in [6.07, 6.45) is 1.58. The number of anilines is 1. The summed E-state index contributed by atoms with van der Waals surface area (Å²) in [6, 6.07) is 4.16. The molecule has 2 N–H and O–H groups in total. The number of nitrogens with two attached hydrogens (primary N) is 1. The molecule has 0 bridgehead atoms. The average Bonchev–Trinajstić information content (AvgIpc) is 2.85. The number of carbonyl (C=O) groups excluding carboxylic acids is 1. The van der Waals surface area contributed by atoms with Gasteiger partial charge in [0.2, 0.25) is 5.91 Å². The van der Waals surface area contributed by atoms with Gasteiger partial charge in [-0.15, -0.1) is 0 Å². The predicted octanol–water partition coefficient (Wildman–Crippen LogP) is 1.96. The SMILES string of the molecule is CC(c1cc(F)ccc1F)N(C)C(=O)Cn1ccc(N)n1. The quantitative estimate of drug-likeness (QED) is 0.937. The predicted molar refractivity (Wildman–Crippen MR) is 74.2 cm³/mol. The van der Waals surface area contributed by atoms with Gasteiger partial charge >= 0.3 is 0 Å². The van der Waals surface area contributed by atoms with E-state index in [4.69, 9.17) is 5.73 Å². The second-order valence-corrected chi connectivity index (χ2v) is 4.78. The summed E-state index contributed by atoms with van der Waals surface area (Å²) >= 11 is 0. The van der Waals surface area contributed by atoms with Gasteiger partial charge in [-0.3, -0.25) is 9.48 Å². The van der Waals surface area contributed by atoms with Crippen molar-refractivity contribution in [2.45, 2.75) is 19.5 Å². The van der Waals surface area contributed by atoms with Crippen LogP contribution in [0.1, 0.15) is 18.5 Å². The molecule has 1 aromatic carbocycles. The number of benzene rings is 1. The van der Waals surface area contributed by atoms with E-state index in [-0.39, 0.29) is 18.0 Å². The van der Waals surface area contributed by atoms with Crippen molar-refractivity contribution in [2.24, 2.45) is 0 Å². The normalized spacial score (nSPS) is 12.2. The molecule has 0 saturated heterocycles. The summed E-state index contributed by atoms with van der Waals surface area (Å²) in [5.41, 5.74) is 5.60. The molecule has 0 aliphatic rings. The Morgan fingerprint density at radius 3 is 2.76 bits per heavy atom. The van der Waals surface area contributed by atoms with Crippen LogP contribution in [0.25, 0.3) is 0 Å². The summed E-state index contributed by atoms with van der Waals surface area (Å²) in [6.45, 7) is 1.61. The van der Waals surface area contributed by atoms with Crippen molar-refractivity contribution in [1.29, 1.82) is 0 Å². The van der Waals surface area contributed by atoms with Gasteiger partial charge in [-0.1, -0.05) is 0 Å². The molecule has 5 nitrogen and oxygen atoms in total. The lowest BCUT2D eigenvalue weighted by atomic mass is 10.1. The van der Waals surface area contributed by atoms with E-state index in [1.165, 1.54) is 16.6 Å². The van der Waals surface area contributed by atoms with E-state index < -0.39 is 17.7 Å². The van der Waals surface area contributed by atoms with E-state index in [1.54, 1.807) is 19.2 Å². The summed E-state index contributed by atoms with van der Waals surface area (Å²) in [5, 5.41) is 3.91. The topological polar surface area (TPSA) is 64.2 Å². The second kappa shape index (κ2) is 5.90. The van der Waals surface area contributed by atoms with Gasteiger partial charge in [-0.2, -0.15) is 5.10 Å². The number of nitrogens with zero attached hydrogens (tertiary/aromatic N) is 3. The van der Waals surface area contributed by atoms with Crippen molar-refractivity contribution in [1.82, 2.24) is 14.7 Å². The third-order valence-electron chi connectivity index (χ3n) is 3.34. The molecule has 112 valence electrons. The number of carbonyl (C=O) groups is 1. The Hall–Kier alpha value is -2.44. The van der Waals surface area contributed by atoms with E-state index in [2.05, 4.69) is 5.10 Å². The minimum absolute atomic E-state index is 0.0189. The summed E-state index contributed by atoms with van der Waals surface area (Å²) in [5.74, 6) is -1.06. The highest BCUT2D eigenvalue weighted by molar-refractivity contribution is 5.76. The summed E-state index contributed by atoms with van der Waals surface area (Å²) in [7, 11) is 1.53. The highest BCUT2D eigenvalue weighted by Gasteiger charge is 2.21. The number of aromatic nitrogens is 2. The first-order chi connectivity index (χ1) is 9.88. The van der Waals surface area contributed by atoms with Gasteiger partial charge in [-0.05, 0) is 31.2 Å². The van der Waals surface area contributed by atoms with Gasteiger partial charge in [0.25, 0.3) is 0 Å². The van der Waals surface area contributed by atoms with Gasteiger partial charge in [-0.25, -0.2) is 8.78 Å². The van der Waals surface area contributed by atoms with Gasteiger partial charge in [0.15, 0.2) is 0 Å². The maximum Gasteiger partial charge on any atom is 0.244 e. The molecule has 2 rings (SSSR count). The zero-order chi connectivity index (χ0) is 15.6. The highest BCUT2D eigenvalue weighted by atomic mass is 19.1. The fraction of sp³-hybridized carbons (Fsp3) is 0.286. The van der Waals surface area contributed by atoms with E-state index in [0.29, 0.717) is 5.82 Å². The largest absolute Gasteiger partial charge is 0.382 e. The number of halogens is 2. The lowest BCUT2D eigenvalue weighted by Crippen LogP contribution is -2.33. The number of hydrogen-bond donors (Lipinski definition) is 1. The molecule has 1 aromatic heterocycles. The molecule has 1 atom stereocenters. The molecule has 0 aliphatic heterocycles. The van der Waals surface area contributed by atoms with Gasteiger partial charge in [0.1, 0.15) is 24.0 Å². The van der Waals surface area contributed by atoms with Crippen molar-refractivity contribution >= 4 is 11.7 Å². The summed E-state index contributed by atoms with van der Waals surface area (Å²) in [4.78, 5) is 13.5. The van der Waals surface area contributed by atoms with Crippen LogP contribution in [0.15, 0.2) is 30.5 Å². The maximum absolute atomic E-state index is 13.7. The third kappa shape index (κ3) is 3.36. The van der Waals surface area contributed by atoms with Crippen LogP contribution in [0, 0.1) is 11.6 Å². The first kappa shape index (κ1) is 15.0. The molecule has 0 radical (unpaired) electrons. The van der Waals surface area contributed by atoms with Crippen molar-refractivity contribution in [3.8, 4) is 0 Å². The van der Waals surface area contributed by atoms with Crippen LogP contribution in [0.2, 0.25) is 0 Å². The number of nitrogen functional groups attached to an aromatic ring is 1. The molecule has 1 amide bonds. The van der Waals surface area contributed by atoms with Crippen molar-refractivity contribution in [3.63, 3.8) is 0 Å². The monoisotopic (exact) mass is 294 g/mol. The molecule has 7 heteroatoms. The zero-order valence-corrected chi connectivity index (χ0v) is 11.8. The average molecular weight is 294 g/mol. The van der Waals surface area contributed by atoms with Crippen LogP contribution in [0.5, 0.6) is 0 Å². The van der Waals surface area contributed by atoms with Crippen LogP contribution in [0.4, 0.5) is 14.6 Å². The highest BCUT2D eigenvalue weighted by Crippen LogP contribution is 2.23. The van der Waals surface area contributed by atoms with E-state index >= 15 is 0 Å². The minimum atomic E-state index is -0.596. The first-order valence-electron chi connectivity index (χ1n) is 6.38. The van der Waals surface area contributed by atoms with Crippen LogP contribution >= 0.6 is 0 Å². The molecule has 0 saturated carbocycles. The smallest absolute Gasteiger partial charge is 0.244 e. The molecular weight excluding hydrogens is 278 g/mol. The molecule has 2 aromatic rings. The van der Waals surface area contributed by atoms with Crippen molar-refractivity contribution in [2.75, 3.05) is 12.8 Å². The Labute approximate surface area is 121 Å². The maximum atomic E-state index is 13.7. The molecule has 0 fully saturated rings. The number of hydrogen-bond acceptors (Lipinski definition) is 3. The second-order valence-electron chi connectivity index (χ2n) is 4.78. The molecule has 1 heterocycles. The number of amides is 1. The van der Waals surface area contributed by atoms with Gasteiger partial charge in [0.05, 0.1) is 6.04 Å². The lowest BCUT2D eigenvalue weighted by molar-refractivity contribution is -0.132. The minimum Gasteiger partial charge on any atom is -0.382 e. The van der Waals surface area contributed by atoms with Crippen molar-refractivity contribution in [3.05, 3.63) is 47.7 Å². The zero-order valence-electron chi connectivity index (χ0n) is 11.8. The van der Waals surface area contributed by atoms with Crippen LogP contribution in [-0.2, 0) is 11.3 Å². The first-order valence-corrected chi connectivity index (χ1v) is 6.38. The fourth-order valence-corrected chi connectivity index (χ4v) is 1.97. The van der Waals surface area contributed by atoms with Crippen LogP contribution in [-0.4, -0.2) is 27.6 Å². The third-order valence-corrected chi connectivity index (χ3v) is 3.34. The Kier molecular flexibility index (Phi) is 4.21. The van der Waals surface area contributed by atoms with Crippen molar-refractivity contribution < 1.29 is 13.6 Å². The van der Waals surface area contributed by atoms with E-state index in [9.17, 15) is 13.6 Å². The van der Waals surface area contributed by atoms with E-state index in [0.717, 1.165) is 18.2 Å². The molecule has 1 unspecified atom stereocenters. The Balaban J connectivity index is 2.12. The lowest BCUT2D eigenvalue weighted by Gasteiger charge is -2.25. The van der Waals surface area contributed by atoms with Crippen LogP contribution in [0.3, 0.4) is 0 Å². The fourth-order valence-electron chi connectivity index (χ4n) is 1.97. The standard InChI is InChI=1S/C14H16F2N4O/c1-9(11-7-10(15)3-4-12(11)16)19(2)14(21)8-20-6-5-13(17)18-20/h3-7,9H,8H2,1-2H3,(H2,17,18). The van der Waals surface area contributed by atoms with Crippen LogP contribution < -0.4 is 5.73 Å². The van der Waals surface area contributed by atoms with E-state index in [1.807, 2.05) is 0 Å². The van der Waals surface area contributed by atoms with Gasteiger partial charge in [0, 0.05) is 18.8 Å². The number of likely N-dealkylation sites (N-methyl/N-ethyl adjacent to an activating group) is 1.